The van der Waals surface area contributed by atoms with Gasteiger partial charge >= 0.3 is 0 Å². The third-order valence-electron chi connectivity index (χ3n) is 3.08. The Labute approximate surface area is 132 Å². The summed E-state index contributed by atoms with van der Waals surface area (Å²) in [6, 6.07) is 15.6. The number of alkyl halides is 2. The van der Waals surface area contributed by atoms with Crippen LogP contribution in [0.15, 0.2) is 58.3 Å². The molecule has 2 aromatic carbocycles. The molecular weight excluding hydrogens is 308 g/mol. The van der Waals surface area contributed by atoms with E-state index in [0.29, 0.717) is 16.7 Å². The Bertz CT molecular complexity index is 555. The smallest absolute Gasteiger partial charge is 0.288 e. The highest BCUT2D eigenvalue weighted by Crippen LogP contribution is 2.27. The standard InChI is InChI=1S/C16H17F2NS2/c1-11(12-3-7-14(20-2)8-4-12)19-13-5-9-15(10-6-13)21-16(17)18/h3-11,16,19H,1-2H3. The van der Waals surface area contributed by atoms with Crippen LogP contribution in [-0.4, -0.2) is 12.0 Å². The van der Waals surface area contributed by atoms with Crippen LogP contribution in [0.2, 0.25) is 0 Å². The molecule has 0 bridgehead atoms. The van der Waals surface area contributed by atoms with Gasteiger partial charge in [-0.2, -0.15) is 8.78 Å². The van der Waals surface area contributed by atoms with Crippen LogP contribution in [0.5, 0.6) is 0 Å². The van der Waals surface area contributed by atoms with Crippen LogP contribution < -0.4 is 5.32 Å². The lowest BCUT2D eigenvalue weighted by Crippen LogP contribution is -2.06. The summed E-state index contributed by atoms with van der Waals surface area (Å²) in [6.45, 7) is 2.08. The van der Waals surface area contributed by atoms with Gasteiger partial charge < -0.3 is 5.32 Å². The van der Waals surface area contributed by atoms with Crippen molar-refractivity contribution < 1.29 is 8.78 Å². The molecule has 2 aromatic rings. The lowest BCUT2D eigenvalue weighted by atomic mass is 10.1. The Kier molecular flexibility index (Phi) is 5.94. The Morgan fingerprint density at radius 3 is 2.00 bits per heavy atom. The SMILES string of the molecule is CSc1ccc(C(C)Nc2ccc(SC(F)F)cc2)cc1. The van der Waals surface area contributed by atoms with Gasteiger partial charge in [0, 0.05) is 21.5 Å². The maximum atomic E-state index is 12.3. The quantitative estimate of drug-likeness (QED) is 0.664. The van der Waals surface area contributed by atoms with E-state index in [2.05, 4.69) is 42.8 Å². The summed E-state index contributed by atoms with van der Waals surface area (Å²) in [5, 5.41) is 3.37. The number of hydrogen-bond acceptors (Lipinski definition) is 3. The van der Waals surface area contributed by atoms with E-state index in [4.69, 9.17) is 0 Å². The topological polar surface area (TPSA) is 12.0 Å². The molecule has 0 aliphatic heterocycles. The molecule has 0 saturated carbocycles. The monoisotopic (exact) mass is 325 g/mol. The summed E-state index contributed by atoms with van der Waals surface area (Å²) in [6.07, 6.45) is 2.05. The molecular formula is C16H17F2NS2. The zero-order valence-corrected chi connectivity index (χ0v) is 13.5. The van der Waals surface area contributed by atoms with E-state index in [1.54, 1.807) is 23.9 Å². The van der Waals surface area contributed by atoms with Crippen molar-refractivity contribution in [1.29, 1.82) is 0 Å². The summed E-state index contributed by atoms with van der Waals surface area (Å²) in [4.78, 5) is 1.81. The van der Waals surface area contributed by atoms with Gasteiger partial charge in [-0.1, -0.05) is 23.9 Å². The number of nitrogens with one attached hydrogen (secondary N) is 1. The lowest BCUT2D eigenvalue weighted by Gasteiger charge is -2.16. The molecule has 5 heteroatoms. The Morgan fingerprint density at radius 1 is 0.905 bits per heavy atom. The molecule has 1 N–H and O–H groups in total. The van der Waals surface area contributed by atoms with Gasteiger partial charge in [-0.05, 0) is 55.1 Å². The maximum absolute atomic E-state index is 12.3. The van der Waals surface area contributed by atoms with Crippen LogP contribution in [0.1, 0.15) is 18.5 Å². The molecule has 0 heterocycles. The third-order valence-corrected chi connectivity index (χ3v) is 4.54. The van der Waals surface area contributed by atoms with Crippen LogP contribution in [0.4, 0.5) is 14.5 Å². The Hall–Kier alpha value is -1.20. The van der Waals surface area contributed by atoms with Crippen LogP contribution >= 0.6 is 23.5 Å². The second-order valence-electron chi connectivity index (χ2n) is 4.54. The predicted octanol–water partition coefficient (Wildman–Crippen LogP) is 5.90. The van der Waals surface area contributed by atoms with Crippen LogP contribution in [-0.2, 0) is 0 Å². The number of anilines is 1. The summed E-state index contributed by atoms with van der Waals surface area (Å²) >= 11 is 2.28. The Morgan fingerprint density at radius 2 is 1.48 bits per heavy atom. The van der Waals surface area contributed by atoms with Gasteiger partial charge in [0.15, 0.2) is 0 Å². The first-order chi connectivity index (χ1) is 10.1. The number of thioether (sulfide) groups is 2. The summed E-state index contributed by atoms with van der Waals surface area (Å²) in [7, 11) is 0. The van der Waals surface area contributed by atoms with Crippen molar-refractivity contribution in [1.82, 2.24) is 0 Å². The highest BCUT2D eigenvalue weighted by molar-refractivity contribution is 7.99. The highest BCUT2D eigenvalue weighted by atomic mass is 32.2. The van der Waals surface area contributed by atoms with Crippen molar-refractivity contribution in [2.45, 2.75) is 28.5 Å². The zero-order valence-electron chi connectivity index (χ0n) is 11.8. The third kappa shape index (κ3) is 4.93. The zero-order chi connectivity index (χ0) is 15.2. The van der Waals surface area contributed by atoms with Gasteiger partial charge in [0.2, 0.25) is 0 Å². The first kappa shape index (κ1) is 16.2. The molecule has 0 aliphatic carbocycles. The van der Waals surface area contributed by atoms with Gasteiger partial charge in [-0.15, -0.1) is 11.8 Å². The van der Waals surface area contributed by atoms with Gasteiger partial charge in [-0.25, -0.2) is 0 Å². The summed E-state index contributed by atoms with van der Waals surface area (Å²) in [5.74, 6) is -2.38. The van der Waals surface area contributed by atoms with Crippen LogP contribution in [0.3, 0.4) is 0 Å². The molecule has 1 nitrogen and oxygen atoms in total. The normalized spacial score (nSPS) is 12.4. The van der Waals surface area contributed by atoms with Crippen LogP contribution in [0, 0.1) is 0 Å². The van der Waals surface area contributed by atoms with E-state index in [-0.39, 0.29) is 6.04 Å². The minimum Gasteiger partial charge on any atom is -0.379 e. The van der Waals surface area contributed by atoms with Crippen molar-refractivity contribution in [2.75, 3.05) is 11.6 Å². The van der Waals surface area contributed by atoms with E-state index in [9.17, 15) is 8.78 Å². The Balaban J connectivity index is 1.99. The molecule has 21 heavy (non-hydrogen) atoms. The second-order valence-corrected chi connectivity index (χ2v) is 6.49. The van der Waals surface area contributed by atoms with E-state index < -0.39 is 5.76 Å². The predicted molar refractivity (Wildman–Crippen MR) is 88.6 cm³/mol. The van der Waals surface area contributed by atoms with Crippen molar-refractivity contribution in [2.24, 2.45) is 0 Å². The molecule has 0 fully saturated rings. The molecule has 0 aromatic heterocycles. The average Bonchev–Trinajstić information content (AvgIpc) is 2.49. The average molecular weight is 325 g/mol. The molecule has 0 amide bonds. The maximum Gasteiger partial charge on any atom is 0.288 e. The summed E-state index contributed by atoms with van der Waals surface area (Å²) < 4.78 is 24.5. The number of halogens is 2. The molecule has 0 spiro atoms. The largest absolute Gasteiger partial charge is 0.379 e. The minimum atomic E-state index is -2.38. The van der Waals surface area contributed by atoms with E-state index >= 15 is 0 Å². The fourth-order valence-corrected chi connectivity index (χ4v) is 2.87. The molecule has 112 valence electrons. The molecule has 0 radical (unpaired) electrons. The number of benzene rings is 2. The van der Waals surface area contributed by atoms with E-state index in [0.717, 1.165) is 5.69 Å². The molecule has 0 aliphatic rings. The van der Waals surface area contributed by atoms with Crippen molar-refractivity contribution in [3.63, 3.8) is 0 Å². The van der Waals surface area contributed by atoms with Crippen molar-refractivity contribution >= 4 is 29.2 Å². The summed E-state index contributed by atoms with van der Waals surface area (Å²) in [5.41, 5.74) is 2.12. The first-order valence-corrected chi connectivity index (χ1v) is 8.64. The lowest BCUT2D eigenvalue weighted by molar-refractivity contribution is 0.252. The number of rotatable bonds is 6. The van der Waals surface area contributed by atoms with E-state index in [1.165, 1.54) is 10.5 Å². The molecule has 1 unspecified atom stereocenters. The second kappa shape index (κ2) is 7.71. The fourth-order valence-electron chi connectivity index (χ4n) is 1.96. The first-order valence-electron chi connectivity index (χ1n) is 6.54. The van der Waals surface area contributed by atoms with Crippen molar-refractivity contribution in [3.05, 3.63) is 54.1 Å². The molecule has 1 atom stereocenters. The van der Waals surface area contributed by atoms with E-state index in [1.807, 2.05) is 12.1 Å². The van der Waals surface area contributed by atoms with Gasteiger partial charge in [-0.3, -0.25) is 0 Å². The van der Waals surface area contributed by atoms with Gasteiger partial charge in [0.05, 0.1) is 0 Å². The van der Waals surface area contributed by atoms with Crippen LogP contribution in [0.25, 0.3) is 0 Å². The molecule has 2 rings (SSSR count). The van der Waals surface area contributed by atoms with Crippen molar-refractivity contribution in [3.8, 4) is 0 Å². The highest BCUT2D eigenvalue weighted by Gasteiger charge is 2.07. The van der Waals surface area contributed by atoms with Gasteiger partial charge in [0.25, 0.3) is 5.76 Å². The minimum absolute atomic E-state index is 0.162. The fraction of sp³-hybridized carbons (Fsp3) is 0.250. The number of hydrogen-bond donors (Lipinski definition) is 1. The van der Waals surface area contributed by atoms with Gasteiger partial charge in [0.1, 0.15) is 0 Å². The molecule has 0 saturated heterocycles.